The number of ether oxygens (including phenoxy) is 1. The number of carbonyl (C=O) groups is 1. The number of rotatable bonds is 3. The molecule has 134 valence electrons. The van der Waals surface area contributed by atoms with E-state index in [2.05, 4.69) is 14.9 Å². The Hall–Kier alpha value is -1.76. The highest BCUT2D eigenvalue weighted by Gasteiger charge is 2.26. The molecule has 0 unspecified atom stereocenters. The van der Waals surface area contributed by atoms with Crippen molar-refractivity contribution in [1.82, 2.24) is 14.9 Å². The van der Waals surface area contributed by atoms with Crippen LogP contribution in [0, 0.1) is 5.92 Å². The quantitative estimate of drug-likeness (QED) is 0.839. The lowest BCUT2D eigenvalue weighted by Gasteiger charge is -2.35. The second kappa shape index (κ2) is 7.42. The van der Waals surface area contributed by atoms with Crippen LogP contribution in [0.5, 0.6) is 0 Å². The molecule has 1 aliphatic rings. The highest BCUT2D eigenvalue weighted by Crippen LogP contribution is 2.24. The molecule has 0 radical (unpaired) electrons. The summed E-state index contributed by atoms with van der Waals surface area (Å²) >= 11 is 5.97. The molecule has 24 heavy (non-hydrogen) atoms. The molecular formula is C16H26ClN5O2. The van der Waals surface area contributed by atoms with Gasteiger partial charge in [-0.05, 0) is 39.5 Å². The molecule has 2 N–H and O–H groups in total. The summed E-state index contributed by atoms with van der Waals surface area (Å²) in [6.07, 6.45) is 1.78. The molecule has 0 bridgehead atoms. The molecule has 1 fully saturated rings. The van der Waals surface area contributed by atoms with E-state index in [9.17, 15) is 4.79 Å². The summed E-state index contributed by atoms with van der Waals surface area (Å²) in [5.41, 5.74) is 5.19. The lowest BCUT2D eigenvalue weighted by molar-refractivity contribution is 0.0269. The maximum Gasteiger partial charge on any atom is 0.410 e. The van der Waals surface area contributed by atoms with Gasteiger partial charge in [-0.1, -0.05) is 11.6 Å². The molecule has 1 aromatic heterocycles. The van der Waals surface area contributed by atoms with Gasteiger partial charge in [-0.3, -0.25) is 0 Å². The molecule has 1 amide bonds. The smallest absolute Gasteiger partial charge is 0.410 e. The molecule has 1 atom stereocenters. The first kappa shape index (κ1) is 18.6. The molecule has 0 aromatic carbocycles. The van der Waals surface area contributed by atoms with Crippen LogP contribution in [0.2, 0.25) is 5.15 Å². The standard InChI is InChI=1S/C16H26ClN5O2/c1-16(2,3)24-15(23)21(4)9-11-6-5-7-22(10-11)13-8-12(17)19-14(18)20-13/h8,11H,5-7,9-10H2,1-4H3,(H2,18,19,20)/t11-/m1/s1. The highest BCUT2D eigenvalue weighted by molar-refractivity contribution is 6.29. The van der Waals surface area contributed by atoms with Crippen LogP contribution in [0.25, 0.3) is 0 Å². The lowest BCUT2D eigenvalue weighted by atomic mass is 9.97. The van der Waals surface area contributed by atoms with Crippen LogP contribution >= 0.6 is 11.6 Å². The minimum absolute atomic E-state index is 0.172. The summed E-state index contributed by atoms with van der Waals surface area (Å²) in [4.78, 5) is 24.0. The van der Waals surface area contributed by atoms with E-state index in [-0.39, 0.29) is 12.0 Å². The van der Waals surface area contributed by atoms with Gasteiger partial charge in [0.2, 0.25) is 5.95 Å². The van der Waals surface area contributed by atoms with Crippen molar-refractivity contribution in [3.8, 4) is 0 Å². The van der Waals surface area contributed by atoms with E-state index in [0.717, 1.165) is 31.7 Å². The van der Waals surface area contributed by atoms with Crippen molar-refractivity contribution >= 4 is 29.5 Å². The zero-order chi connectivity index (χ0) is 17.9. The van der Waals surface area contributed by atoms with Gasteiger partial charge < -0.3 is 20.3 Å². The Kier molecular flexibility index (Phi) is 5.74. The lowest BCUT2D eigenvalue weighted by Crippen LogP contribution is -2.43. The predicted octanol–water partition coefficient (Wildman–Crippen LogP) is 2.80. The predicted molar refractivity (Wildman–Crippen MR) is 95.3 cm³/mol. The van der Waals surface area contributed by atoms with Gasteiger partial charge in [0.05, 0.1) is 0 Å². The van der Waals surface area contributed by atoms with Crippen molar-refractivity contribution in [3.05, 3.63) is 11.2 Å². The largest absolute Gasteiger partial charge is 0.444 e. The number of nitrogens with zero attached hydrogens (tertiary/aromatic N) is 4. The van der Waals surface area contributed by atoms with Crippen molar-refractivity contribution in [2.45, 2.75) is 39.2 Å². The first-order valence-corrected chi connectivity index (χ1v) is 8.51. The minimum Gasteiger partial charge on any atom is -0.444 e. The SMILES string of the molecule is CN(C[C@H]1CCCN(c2cc(Cl)nc(N)n2)C1)C(=O)OC(C)(C)C. The van der Waals surface area contributed by atoms with Gasteiger partial charge in [-0.25, -0.2) is 9.78 Å². The maximum atomic E-state index is 12.1. The van der Waals surface area contributed by atoms with Crippen molar-refractivity contribution < 1.29 is 9.53 Å². The third-order valence-electron chi connectivity index (χ3n) is 3.78. The Labute approximate surface area is 148 Å². The fourth-order valence-electron chi connectivity index (χ4n) is 2.81. The average Bonchev–Trinajstić information content (AvgIpc) is 2.44. The number of amides is 1. The van der Waals surface area contributed by atoms with E-state index >= 15 is 0 Å². The van der Waals surface area contributed by atoms with Crippen molar-refractivity contribution in [3.63, 3.8) is 0 Å². The molecule has 0 saturated carbocycles. The Morgan fingerprint density at radius 2 is 2.21 bits per heavy atom. The molecule has 1 aliphatic heterocycles. The molecule has 2 heterocycles. The zero-order valence-corrected chi connectivity index (χ0v) is 15.5. The van der Waals surface area contributed by atoms with Crippen molar-refractivity contribution in [1.29, 1.82) is 0 Å². The number of hydrogen-bond donors (Lipinski definition) is 1. The van der Waals surface area contributed by atoms with Gasteiger partial charge in [-0.15, -0.1) is 0 Å². The number of hydrogen-bond acceptors (Lipinski definition) is 6. The summed E-state index contributed by atoms with van der Waals surface area (Å²) in [7, 11) is 1.77. The number of aromatic nitrogens is 2. The van der Waals surface area contributed by atoms with Crippen LogP contribution in [-0.4, -0.2) is 53.2 Å². The second-order valence-electron chi connectivity index (χ2n) is 7.22. The van der Waals surface area contributed by atoms with Crippen LogP contribution in [-0.2, 0) is 4.74 Å². The van der Waals surface area contributed by atoms with Gasteiger partial charge in [0, 0.05) is 32.7 Å². The number of nitrogens with two attached hydrogens (primary N) is 1. The van der Waals surface area contributed by atoms with Gasteiger partial charge >= 0.3 is 6.09 Å². The summed E-state index contributed by atoms with van der Waals surface area (Å²) in [5, 5.41) is 0.338. The van der Waals surface area contributed by atoms with Crippen molar-refractivity contribution in [2.75, 3.05) is 37.3 Å². The van der Waals surface area contributed by atoms with Gasteiger partial charge in [0.25, 0.3) is 0 Å². The summed E-state index contributed by atoms with van der Waals surface area (Å²) < 4.78 is 5.40. The van der Waals surface area contributed by atoms with Crippen LogP contribution in [0.15, 0.2) is 6.07 Å². The molecule has 8 heteroatoms. The summed E-state index contributed by atoms with van der Waals surface area (Å²) in [5.74, 6) is 1.24. The normalized spacial score (nSPS) is 18.4. The van der Waals surface area contributed by atoms with Crippen molar-refractivity contribution in [2.24, 2.45) is 5.92 Å². The Morgan fingerprint density at radius 3 is 2.83 bits per heavy atom. The highest BCUT2D eigenvalue weighted by atomic mass is 35.5. The van der Waals surface area contributed by atoms with Gasteiger partial charge in [-0.2, -0.15) is 4.98 Å². The summed E-state index contributed by atoms with van der Waals surface area (Å²) in [6.45, 7) is 7.91. The van der Waals surface area contributed by atoms with Crippen LogP contribution < -0.4 is 10.6 Å². The molecule has 0 spiro atoms. The second-order valence-corrected chi connectivity index (χ2v) is 7.61. The summed E-state index contributed by atoms with van der Waals surface area (Å²) in [6, 6.07) is 1.72. The third-order valence-corrected chi connectivity index (χ3v) is 3.97. The molecule has 7 nitrogen and oxygen atoms in total. The number of piperidine rings is 1. The first-order valence-electron chi connectivity index (χ1n) is 8.13. The maximum absolute atomic E-state index is 12.1. The average molecular weight is 356 g/mol. The van der Waals surface area contributed by atoms with Crippen LogP contribution in [0.3, 0.4) is 0 Å². The van der Waals surface area contributed by atoms with E-state index in [0.29, 0.717) is 17.6 Å². The monoisotopic (exact) mass is 355 g/mol. The molecular weight excluding hydrogens is 330 g/mol. The van der Waals surface area contributed by atoms with Crippen LogP contribution in [0.1, 0.15) is 33.6 Å². The Bertz CT molecular complexity index is 570. The van der Waals surface area contributed by atoms with Crippen LogP contribution in [0.4, 0.5) is 16.6 Å². The zero-order valence-electron chi connectivity index (χ0n) is 14.8. The molecule has 1 aromatic rings. The van der Waals surface area contributed by atoms with E-state index in [1.165, 1.54) is 0 Å². The fourth-order valence-corrected chi connectivity index (χ4v) is 2.99. The Morgan fingerprint density at radius 1 is 1.50 bits per heavy atom. The van der Waals surface area contributed by atoms with Gasteiger partial charge in [0.15, 0.2) is 0 Å². The molecule has 0 aliphatic carbocycles. The third kappa shape index (κ3) is 5.40. The number of halogens is 1. The first-order chi connectivity index (χ1) is 11.1. The topological polar surface area (TPSA) is 84.6 Å². The van der Waals surface area contributed by atoms with Gasteiger partial charge in [0.1, 0.15) is 16.6 Å². The number of anilines is 2. The molecule has 2 rings (SSSR count). The van der Waals surface area contributed by atoms with E-state index in [1.807, 2.05) is 20.8 Å². The minimum atomic E-state index is -0.487. The Balaban J connectivity index is 1.96. The number of carbonyl (C=O) groups excluding carboxylic acids is 1. The molecule has 1 saturated heterocycles. The van der Waals surface area contributed by atoms with E-state index in [1.54, 1.807) is 18.0 Å². The fraction of sp³-hybridized carbons (Fsp3) is 0.688. The van der Waals surface area contributed by atoms with E-state index < -0.39 is 5.60 Å². The van der Waals surface area contributed by atoms with E-state index in [4.69, 9.17) is 22.1 Å². The number of nitrogen functional groups attached to an aromatic ring is 1.